The Morgan fingerprint density at radius 3 is 2.65 bits per heavy atom. The van der Waals surface area contributed by atoms with E-state index < -0.39 is 0 Å². The molecule has 0 fully saturated rings. The number of nitrogens with one attached hydrogen (secondary N) is 2. The lowest BCUT2D eigenvalue weighted by atomic mass is 10.1. The fourth-order valence-electron chi connectivity index (χ4n) is 2.65. The van der Waals surface area contributed by atoms with Crippen LogP contribution in [0, 0.1) is 20.8 Å². The van der Waals surface area contributed by atoms with Crippen LogP contribution < -0.4 is 10.6 Å². The zero-order valence-corrected chi connectivity index (χ0v) is 15.2. The summed E-state index contributed by atoms with van der Waals surface area (Å²) in [7, 11) is 0. The smallest absolute Gasteiger partial charge is 0.270 e. The van der Waals surface area contributed by atoms with Gasteiger partial charge in [0.1, 0.15) is 5.69 Å². The minimum atomic E-state index is -0.224. The number of aromatic nitrogens is 2. The highest BCUT2D eigenvalue weighted by Crippen LogP contribution is 2.20. The van der Waals surface area contributed by atoms with Gasteiger partial charge >= 0.3 is 0 Å². The van der Waals surface area contributed by atoms with Gasteiger partial charge in [0.15, 0.2) is 0 Å². The number of hydrogen-bond donors (Lipinski definition) is 2. The number of amides is 1. The molecule has 26 heavy (non-hydrogen) atoms. The van der Waals surface area contributed by atoms with Crippen molar-refractivity contribution < 1.29 is 4.79 Å². The highest BCUT2D eigenvalue weighted by atomic mass is 16.1. The van der Waals surface area contributed by atoms with Crippen LogP contribution in [0.3, 0.4) is 0 Å². The summed E-state index contributed by atoms with van der Waals surface area (Å²) in [6.07, 6.45) is 1.59. The number of anilines is 2. The Kier molecular flexibility index (Phi) is 5.27. The van der Waals surface area contributed by atoms with Gasteiger partial charge in [-0.1, -0.05) is 42.0 Å². The predicted octanol–water partition coefficient (Wildman–Crippen LogP) is 4.08. The summed E-state index contributed by atoms with van der Waals surface area (Å²) < 4.78 is 0. The van der Waals surface area contributed by atoms with Gasteiger partial charge in [-0.3, -0.25) is 4.79 Å². The Hall–Kier alpha value is -3.21. The van der Waals surface area contributed by atoms with Gasteiger partial charge in [-0.25, -0.2) is 9.97 Å². The van der Waals surface area contributed by atoms with Crippen LogP contribution in [-0.4, -0.2) is 15.9 Å². The molecule has 0 saturated carbocycles. The van der Waals surface area contributed by atoms with Crippen LogP contribution in [0.2, 0.25) is 0 Å². The molecule has 2 N–H and O–H groups in total. The van der Waals surface area contributed by atoms with E-state index >= 15 is 0 Å². The van der Waals surface area contributed by atoms with Crippen molar-refractivity contribution in [2.75, 3.05) is 5.32 Å². The highest BCUT2D eigenvalue weighted by molar-refractivity contribution is 5.92. The van der Waals surface area contributed by atoms with Crippen LogP contribution in [-0.2, 0) is 6.54 Å². The first kappa shape index (κ1) is 17.6. The SMILES string of the molecule is Cc1cccc(CNC(=O)c2ccnc(Nc3cccc(C)c3C)n2)c1. The van der Waals surface area contributed by atoms with E-state index in [4.69, 9.17) is 0 Å². The normalized spacial score (nSPS) is 10.4. The second kappa shape index (κ2) is 7.78. The average molecular weight is 346 g/mol. The fraction of sp³-hybridized carbons (Fsp3) is 0.190. The van der Waals surface area contributed by atoms with E-state index in [0.717, 1.165) is 16.8 Å². The Balaban J connectivity index is 1.70. The van der Waals surface area contributed by atoms with Gasteiger partial charge in [0.25, 0.3) is 5.91 Å². The predicted molar refractivity (Wildman–Crippen MR) is 104 cm³/mol. The number of rotatable bonds is 5. The van der Waals surface area contributed by atoms with Crippen LogP contribution in [0.15, 0.2) is 54.7 Å². The van der Waals surface area contributed by atoms with Crippen LogP contribution in [0.1, 0.15) is 32.7 Å². The van der Waals surface area contributed by atoms with E-state index in [1.807, 2.05) is 50.2 Å². The molecule has 0 aliphatic heterocycles. The summed E-state index contributed by atoms with van der Waals surface area (Å²) in [5.74, 6) is 0.180. The lowest BCUT2D eigenvalue weighted by Crippen LogP contribution is -2.24. The summed E-state index contributed by atoms with van der Waals surface area (Å²) in [5.41, 5.74) is 5.80. The van der Waals surface area contributed by atoms with Crippen molar-refractivity contribution in [1.29, 1.82) is 0 Å². The van der Waals surface area contributed by atoms with Crippen molar-refractivity contribution in [3.8, 4) is 0 Å². The quantitative estimate of drug-likeness (QED) is 0.731. The molecule has 0 saturated heterocycles. The van der Waals surface area contributed by atoms with Crippen LogP contribution >= 0.6 is 0 Å². The van der Waals surface area contributed by atoms with Gasteiger partial charge < -0.3 is 10.6 Å². The van der Waals surface area contributed by atoms with Gasteiger partial charge in [-0.2, -0.15) is 0 Å². The first-order valence-corrected chi connectivity index (χ1v) is 8.53. The monoisotopic (exact) mass is 346 g/mol. The molecule has 2 aromatic carbocycles. The van der Waals surface area contributed by atoms with Crippen molar-refractivity contribution in [2.24, 2.45) is 0 Å². The van der Waals surface area contributed by atoms with Gasteiger partial charge in [-0.15, -0.1) is 0 Å². The van der Waals surface area contributed by atoms with Crippen molar-refractivity contribution in [3.63, 3.8) is 0 Å². The van der Waals surface area contributed by atoms with E-state index in [9.17, 15) is 4.79 Å². The molecule has 1 amide bonds. The van der Waals surface area contributed by atoms with E-state index in [-0.39, 0.29) is 5.91 Å². The van der Waals surface area contributed by atoms with E-state index in [1.54, 1.807) is 12.3 Å². The number of aryl methyl sites for hydroxylation is 2. The lowest BCUT2D eigenvalue weighted by Gasteiger charge is -2.11. The largest absolute Gasteiger partial charge is 0.347 e. The molecule has 0 unspecified atom stereocenters. The number of carbonyl (C=O) groups excluding carboxylic acids is 1. The molecule has 0 bridgehead atoms. The molecule has 132 valence electrons. The third-order valence-corrected chi connectivity index (χ3v) is 4.27. The second-order valence-electron chi connectivity index (χ2n) is 6.31. The maximum absolute atomic E-state index is 12.4. The van der Waals surface area contributed by atoms with Crippen LogP contribution in [0.25, 0.3) is 0 Å². The standard InChI is InChI=1S/C21H22N4O/c1-14-6-4-8-17(12-14)13-23-20(26)19-10-11-22-21(25-19)24-18-9-5-7-15(2)16(18)3/h4-12H,13H2,1-3H3,(H,23,26)(H,22,24,25). The maximum atomic E-state index is 12.4. The van der Waals surface area contributed by atoms with Crippen molar-refractivity contribution in [2.45, 2.75) is 27.3 Å². The summed E-state index contributed by atoms with van der Waals surface area (Å²) in [6.45, 7) is 6.58. The number of hydrogen-bond acceptors (Lipinski definition) is 4. The first-order valence-electron chi connectivity index (χ1n) is 8.53. The minimum Gasteiger partial charge on any atom is -0.347 e. The van der Waals surface area contributed by atoms with Crippen molar-refractivity contribution in [1.82, 2.24) is 15.3 Å². The van der Waals surface area contributed by atoms with Gasteiger partial charge in [0.05, 0.1) is 0 Å². The molecular formula is C21H22N4O. The van der Waals surface area contributed by atoms with Gasteiger partial charge in [0.2, 0.25) is 5.95 Å². The van der Waals surface area contributed by atoms with Crippen molar-refractivity contribution >= 4 is 17.5 Å². The van der Waals surface area contributed by atoms with Gasteiger partial charge in [0, 0.05) is 18.4 Å². The third-order valence-electron chi connectivity index (χ3n) is 4.27. The summed E-state index contributed by atoms with van der Waals surface area (Å²) in [4.78, 5) is 20.9. The van der Waals surface area contributed by atoms with Crippen molar-refractivity contribution in [3.05, 3.63) is 82.7 Å². The zero-order chi connectivity index (χ0) is 18.5. The lowest BCUT2D eigenvalue weighted by molar-refractivity contribution is 0.0946. The number of carbonyl (C=O) groups is 1. The average Bonchev–Trinajstić information content (AvgIpc) is 2.64. The molecule has 0 spiro atoms. The molecule has 0 aliphatic rings. The molecule has 0 aliphatic carbocycles. The maximum Gasteiger partial charge on any atom is 0.270 e. The van der Waals surface area contributed by atoms with E-state index in [1.165, 1.54) is 11.1 Å². The Morgan fingerprint density at radius 1 is 1.04 bits per heavy atom. The third kappa shape index (κ3) is 4.25. The Morgan fingerprint density at radius 2 is 1.85 bits per heavy atom. The van der Waals surface area contributed by atoms with Crippen LogP contribution in [0.4, 0.5) is 11.6 Å². The number of benzene rings is 2. The fourth-order valence-corrected chi connectivity index (χ4v) is 2.65. The number of nitrogens with zero attached hydrogens (tertiary/aromatic N) is 2. The van der Waals surface area contributed by atoms with Crippen LogP contribution in [0.5, 0.6) is 0 Å². The van der Waals surface area contributed by atoms with E-state index in [0.29, 0.717) is 18.2 Å². The topological polar surface area (TPSA) is 66.9 Å². The molecule has 0 atom stereocenters. The highest BCUT2D eigenvalue weighted by Gasteiger charge is 2.10. The molecule has 5 heteroatoms. The molecule has 3 aromatic rings. The molecule has 0 radical (unpaired) electrons. The minimum absolute atomic E-state index is 0.224. The Labute approximate surface area is 153 Å². The Bertz CT molecular complexity index is 937. The van der Waals surface area contributed by atoms with E-state index in [2.05, 4.69) is 33.6 Å². The second-order valence-corrected chi connectivity index (χ2v) is 6.31. The zero-order valence-electron chi connectivity index (χ0n) is 15.2. The molecular weight excluding hydrogens is 324 g/mol. The molecule has 1 aromatic heterocycles. The molecule has 5 nitrogen and oxygen atoms in total. The molecule has 1 heterocycles. The molecule has 3 rings (SSSR count). The summed E-state index contributed by atoms with van der Waals surface area (Å²) >= 11 is 0. The first-order chi connectivity index (χ1) is 12.5. The van der Waals surface area contributed by atoms with Gasteiger partial charge in [-0.05, 0) is 49.6 Å². The summed E-state index contributed by atoms with van der Waals surface area (Å²) in [5, 5.41) is 6.08. The summed E-state index contributed by atoms with van der Waals surface area (Å²) in [6, 6.07) is 15.7.